The molecule has 1 saturated heterocycles. The van der Waals surface area contributed by atoms with Crippen molar-refractivity contribution in [2.75, 3.05) is 27.0 Å². The number of rotatable bonds is 5. The molecule has 7 heteroatoms. The molecule has 2 aliphatic heterocycles. The molecule has 1 aromatic heterocycles. The second-order valence-corrected chi connectivity index (χ2v) is 9.62. The number of ether oxygens (including phenoxy) is 3. The number of hydrogen-bond acceptors (Lipinski definition) is 6. The zero-order valence-corrected chi connectivity index (χ0v) is 19.3. The Labute approximate surface area is 193 Å². The van der Waals surface area contributed by atoms with Crippen LogP contribution in [0.25, 0.3) is 11.8 Å². The first-order valence-corrected chi connectivity index (χ1v) is 11.6. The third kappa shape index (κ3) is 4.10. The summed E-state index contributed by atoms with van der Waals surface area (Å²) in [7, 11) is 1.60. The molecule has 3 heterocycles. The lowest BCUT2D eigenvalue weighted by Gasteiger charge is -2.37. The smallest absolute Gasteiger partial charge is 0.231 e. The second-order valence-electron chi connectivity index (χ2n) is 9.62. The molecule has 0 spiro atoms. The van der Waals surface area contributed by atoms with Crippen molar-refractivity contribution in [3.8, 4) is 11.5 Å². The fourth-order valence-corrected chi connectivity index (χ4v) is 5.69. The Bertz CT molecular complexity index is 1140. The van der Waals surface area contributed by atoms with Gasteiger partial charge in [-0.3, -0.25) is 4.79 Å². The Hall–Kier alpha value is -2.93. The van der Waals surface area contributed by atoms with Crippen LogP contribution in [0.1, 0.15) is 38.2 Å². The third-order valence-electron chi connectivity index (χ3n) is 7.05. The van der Waals surface area contributed by atoms with Gasteiger partial charge in [0.05, 0.1) is 30.6 Å². The van der Waals surface area contributed by atoms with E-state index in [0.717, 1.165) is 30.3 Å². The van der Waals surface area contributed by atoms with Gasteiger partial charge in [-0.05, 0) is 48.1 Å². The van der Waals surface area contributed by atoms with Gasteiger partial charge in [-0.15, -0.1) is 0 Å². The maximum absolute atomic E-state index is 13.6. The molecule has 2 aromatic rings. The Morgan fingerprint density at radius 2 is 1.94 bits per heavy atom. The zero-order valence-electron chi connectivity index (χ0n) is 19.3. The molecule has 5 rings (SSSR count). The van der Waals surface area contributed by atoms with E-state index in [0.29, 0.717) is 34.5 Å². The largest absolute Gasteiger partial charge is 0.500 e. The number of carbonyl (C=O) groups is 1. The van der Waals surface area contributed by atoms with Crippen molar-refractivity contribution in [3.63, 3.8) is 0 Å². The lowest BCUT2D eigenvalue weighted by atomic mass is 9.76. The molecule has 3 unspecified atom stereocenters. The highest BCUT2D eigenvalue weighted by Crippen LogP contribution is 2.42. The monoisotopic (exact) mass is 453 g/mol. The summed E-state index contributed by atoms with van der Waals surface area (Å²) in [5, 5.41) is 12.0. The van der Waals surface area contributed by atoms with Crippen molar-refractivity contribution in [2.24, 2.45) is 17.8 Å². The minimum atomic E-state index is -0.860. The molecule has 1 N–H and O–H groups in total. The topological polar surface area (TPSA) is 81.4 Å². The fraction of sp³-hybridized carbons (Fsp3) is 0.500. The van der Waals surface area contributed by atoms with E-state index in [9.17, 15) is 9.90 Å². The van der Waals surface area contributed by atoms with E-state index < -0.39 is 12.0 Å². The SMILES string of the molecule is COC1=c2ccoc2=CC(O)[C@H]1C(CC(=O)N1CC(C)C[C@@H](C)C1)c1ccc2c(c1)OCO2. The molecular weight excluding hydrogens is 422 g/mol. The highest BCUT2D eigenvalue weighted by molar-refractivity contribution is 5.78. The van der Waals surface area contributed by atoms with Crippen LogP contribution in [0, 0.1) is 17.8 Å². The first-order valence-electron chi connectivity index (χ1n) is 11.6. The number of furan rings is 1. The number of benzene rings is 1. The second kappa shape index (κ2) is 8.78. The minimum Gasteiger partial charge on any atom is -0.500 e. The van der Waals surface area contributed by atoms with Gasteiger partial charge < -0.3 is 28.6 Å². The molecule has 1 fully saturated rings. The Kier molecular flexibility index (Phi) is 5.83. The van der Waals surface area contributed by atoms with Crippen molar-refractivity contribution in [1.82, 2.24) is 4.90 Å². The number of fused-ring (bicyclic) bond motifs is 2. The summed E-state index contributed by atoms with van der Waals surface area (Å²) in [6.07, 6.45) is 3.83. The van der Waals surface area contributed by atoms with Crippen LogP contribution in [0.5, 0.6) is 11.5 Å². The molecule has 1 aliphatic carbocycles. The maximum atomic E-state index is 13.6. The number of carbonyl (C=O) groups excluding carboxylic acids is 1. The summed E-state index contributed by atoms with van der Waals surface area (Å²) in [5.41, 5.74) is 1.50. The molecule has 3 aliphatic rings. The Morgan fingerprint density at radius 1 is 1.18 bits per heavy atom. The number of hydrogen-bond donors (Lipinski definition) is 1. The quantitative estimate of drug-likeness (QED) is 0.748. The van der Waals surface area contributed by atoms with Crippen molar-refractivity contribution < 1.29 is 28.5 Å². The first-order chi connectivity index (χ1) is 15.9. The molecule has 0 bridgehead atoms. The number of methoxy groups -OCH3 is 1. The van der Waals surface area contributed by atoms with E-state index in [4.69, 9.17) is 18.6 Å². The summed E-state index contributed by atoms with van der Waals surface area (Å²) in [4.78, 5) is 15.5. The van der Waals surface area contributed by atoms with Gasteiger partial charge in [-0.1, -0.05) is 19.9 Å². The molecule has 1 aromatic carbocycles. The van der Waals surface area contributed by atoms with Crippen LogP contribution in [-0.4, -0.2) is 49.0 Å². The lowest BCUT2D eigenvalue weighted by Crippen LogP contribution is -2.45. The third-order valence-corrected chi connectivity index (χ3v) is 7.05. The van der Waals surface area contributed by atoms with Crippen LogP contribution in [0.15, 0.2) is 34.9 Å². The van der Waals surface area contributed by atoms with Gasteiger partial charge in [0.15, 0.2) is 11.5 Å². The highest BCUT2D eigenvalue weighted by Gasteiger charge is 2.39. The Morgan fingerprint density at radius 3 is 2.70 bits per heavy atom. The number of nitrogens with zero attached hydrogens (tertiary/aromatic N) is 1. The number of piperidine rings is 1. The average molecular weight is 454 g/mol. The van der Waals surface area contributed by atoms with E-state index in [1.165, 1.54) is 0 Å². The summed E-state index contributed by atoms with van der Waals surface area (Å²) >= 11 is 0. The number of likely N-dealkylation sites (tertiary alicyclic amines) is 1. The van der Waals surface area contributed by atoms with E-state index >= 15 is 0 Å². The first kappa shape index (κ1) is 21.9. The predicted molar refractivity (Wildman–Crippen MR) is 122 cm³/mol. The molecule has 33 heavy (non-hydrogen) atoms. The molecule has 0 saturated carbocycles. The summed E-state index contributed by atoms with van der Waals surface area (Å²) in [6, 6.07) is 7.59. The van der Waals surface area contributed by atoms with Gasteiger partial charge in [0.25, 0.3) is 0 Å². The van der Waals surface area contributed by atoms with Crippen LogP contribution in [0.2, 0.25) is 0 Å². The van der Waals surface area contributed by atoms with Gasteiger partial charge in [0.1, 0.15) is 11.2 Å². The van der Waals surface area contributed by atoms with Crippen molar-refractivity contribution in [3.05, 3.63) is 46.7 Å². The molecular formula is C26H31NO6. The lowest BCUT2D eigenvalue weighted by molar-refractivity contribution is -0.134. The summed E-state index contributed by atoms with van der Waals surface area (Å²) < 4.78 is 22.4. The van der Waals surface area contributed by atoms with Crippen LogP contribution in [0.4, 0.5) is 0 Å². The van der Waals surface area contributed by atoms with Gasteiger partial charge in [0, 0.05) is 25.4 Å². The normalized spacial score (nSPS) is 27.0. The number of amides is 1. The van der Waals surface area contributed by atoms with Crippen molar-refractivity contribution in [1.29, 1.82) is 0 Å². The molecule has 5 atom stereocenters. The van der Waals surface area contributed by atoms with Gasteiger partial charge in [0.2, 0.25) is 12.7 Å². The van der Waals surface area contributed by atoms with E-state index in [-0.39, 0.29) is 25.0 Å². The van der Waals surface area contributed by atoms with Gasteiger partial charge >= 0.3 is 0 Å². The summed E-state index contributed by atoms with van der Waals surface area (Å²) in [6.45, 7) is 6.11. The van der Waals surface area contributed by atoms with E-state index in [1.807, 2.05) is 29.2 Å². The van der Waals surface area contributed by atoms with Gasteiger partial charge in [-0.25, -0.2) is 0 Å². The molecule has 0 radical (unpaired) electrons. The van der Waals surface area contributed by atoms with Crippen molar-refractivity contribution in [2.45, 2.75) is 38.7 Å². The van der Waals surface area contributed by atoms with E-state index in [1.54, 1.807) is 19.4 Å². The standard InChI is InChI=1S/C26H31NO6/c1-15-8-16(2)13-27(12-15)24(29)10-19(17-4-5-21-23(9-17)33-14-32-21)25-20(28)11-22-18(6-7-31-22)26(25)30-3/h4-7,9,11,15-16,19-20,25,28H,8,10,12-14H2,1-3H3/t15-,16?,19?,20?,25-/m1/s1. The number of aliphatic hydroxyl groups excluding tert-OH is 1. The Balaban J connectivity index is 1.54. The van der Waals surface area contributed by atoms with Crippen LogP contribution < -0.4 is 20.1 Å². The summed E-state index contributed by atoms with van der Waals surface area (Å²) in [5.74, 6) is 2.26. The predicted octanol–water partition coefficient (Wildman–Crippen LogP) is 2.21. The zero-order chi connectivity index (χ0) is 23.1. The minimum absolute atomic E-state index is 0.0942. The highest BCUT2D eigenvalue weighted by atomic mass is 16.7. The molecule has 1 amide bonds. The van der Waals surface area contributed by atoms with Crippen LogP contribution in [-0.2, 0) is 9.53 Å². The van der Waals surface area contributed by atoms with E-state index in [2.05, 4.69) is 13.8 Å². The van der Waals surface area contributed by atoms with Crippen LogP contribution >= 0.6 is 0 Å². The maximum Gasteiger partial charge on any atom is 0.231 e. The van der Waals surface area contributed by atoms with Gasteiger partial charge in [-0.2, -0.15) is 0 Å². The fourth-order valence-electron chi connectivity index (χ4n) is 5.69. The molecule has 7 nitrogen and oxygen atoms in total. The number of aliphatic hydroxyl groups is 1. The van der Waals surface area contributed by atoms with Crippen LogP contribution in [0.3, 0.4) is 0 Å². The van der Waals surface area contributed by atoms with Crippen molar-refractivity contribution >= 4 is 17.7 Å². The average Bonchev–Trinajstić information content (AvgIpc) is 3.44. The molecule has 176 valence electrons.